The van der Waals surface area contributed by atoms with E-state index in [0.29, 0.717) is 23.9 Å². The SMILES string of the molecule is CCCNc1cncc(Oc2ccc(CCO)cc2)n1. The Balaban J connectivity index is 2.01. The van der Waals surface area contributed by atoms with E-state index in [1.165, 1.54) is 0 Å². The Hall–Kier alpha value is -2.14. The number of nitrogens with zero attached hydrogens (tertiary/aromatic N) is 2. The number of hydrogen-bond acceptors (Lipinski definition) is 5. The van der Waals surface area contributed by atoms with E-state index in [4.69, 9.17) is 9.84 Å². The number of rotatable bonds is 7. The molecule has 0 spiro atoms. The fourth-order valence-corrected chi connectivity index (χ4v) is 1.71. The highest BCUT2D eigenvalue weighted by molar-refractivity contribution is 5.35. The van der Waals surface area contributed by atoms with Gasteiger partial charge in [0.1, 0.15) is 11.6 Å². The summed E-state index contributed by atoms with van der Waals surface area (Å²) in [5, 5.41) is 12.0. The molecule has 0 aliphatic heterocycles. The number of aliphatic hydroxyl groups is 1. The van der Waals surface area contributed by atoms with E-state index in [1.807, 2.05) is 24.3 Å². The molecule has 106 valence electrons. The molecule has 0 aliphatic rings. The molecule has 20 heavy (non-hydrogen) atoms. The molecule has 5 heteroatoms. The Bertz CT molecular complexity index is 529. The van der Waals surface area contributed by atoms with Gasteiger partial charge in [0.2, 0.25) is 5.88 Å². The Kier molecular flexibility index (Phi) is 5.32. The number of nitrogens with one attached hydrogen (secondary N) is 1. The molecule has 0 saturated carbocycles. The van der Waals surface area contributed by atoms with Gasteiger partial charge < -0.3 is 15.2 Å². The van der Waals surface area contributed by atoms with Crippen LogP contribution < -0.4 is 10.1 Å². The first-order chi connectivity index (χ1) is 9.81. The summed E-state index contributed by atoms with van der Waals surface area (Å²) in [6.45, 7) is 3.10. The first-order valence-electron chi connectivity index (χ1n) is 6.75. The Morgan fingerprint density at radius 1 is 1.20 bits per heavy atom. The van der Waals surface area contributed by atoms with Crippen molar-refractivity contribution in [2.24, 2.45) is 0 Å². The van der Waals surface area contributed by atoms with Gasteiger partial charge in [0, 0.05) is 13.2 Å². The van der Waals surface area contributed by atoms with Crippen LogP contribution in [0.25, 0.3) is 0 Å². The molecule has 1 aromatic carbocycles. The average molecular weight is 273 g/mol. The highest BCUT2D eigenvalue weighted by Gasteiger charge is 2.01. The molecular formula is C15H19N3O2. The fourth-order valence-electron chi connectivity index (χ4n) is 1.71. The molecule has 2 N–H and O–H groups in total. The summed E-state index contributed by atoms with van der Waals surface area (Å²) in [4.78, 5) is 8.43. The van der Waals surface area contributed by atoms with Crippen LogP contribution in [0.4, 0.5) is 5.82 Å². The Labute approximate surface area is 118 Å². The minimum absolute atomic E-state index is 0.150. The van der Waals surface area contributed by atoms with Gasteiger partial charge in [0.05, 0.1) is 12.4 Å². The quantitative estimate of drug-likeness (QED) is 0.811. The summed E-state index contributed by atoms with van der Waals surface area (Å²) in [5.41, 5.74) is 1.07. The molecule has 0 bridgehead atoms. The van der Waals surface area contributed by atoms with Gasteiger partial charge in [-0.1, -0.05) is 19.1 Å². The van der Waals surface area contributed by atoms with E-state index < -0.39 is 0 Å². The third kappa shape index (κ3) is 4.20. The van der Waals surface area contributed by atoms with Crippen molar-refractivity contribution in [2.45, 2.75) is 19.8 Å². The van der Waals surface area contributed by atoms with Crippen LogP contribution in [0.5, 0.6) is 11.6 Å². The van der Waals surface area contributed by atoms with Crippen molar-refractivity contribution in [3.8, 4) is 11.6 Å². The third-order valence-electron chi connectivity index (χ3n) is 2.71. The van der Waals surface area contributed by atoms with Gasteiger partial charge in [-0.3, -0.25) is 4.98 Å². The maximum absolute atomic E-state index is 8.87. The highest BCUT2D eigenvalue weighted by Crippen LogP contribution is 2.20. The number of aromatic nitrogens is 2. The van der Waals surface area contributed by atoms with E-state index in [1.54, 1.807) is 12.4 Å². The van der Waals surface area contributed by atoms with Gasteiger partial charge in [-0.15, -0.1) is 0 Å². The van der Waals surface area contributed by atoms with Crippen LogP contribution >= 0.6 is 0 Å². The zero-order valence-electron chi connectivity index (χ0n) is 11.5. The summed E-state index contributed by atoms with van der Waals surface area (Å²) in [6.07, 6.45) is 4.93. The molecule has 0 unspecified atom stereocenters. The van der Waals surface area contributed by atoms with E-state index in [-0.39, 0.29) is 6.61 Å². The van der Waals surface area contributed by atoms with Gasteiger partial charge in [-0.25, -0.2) is 0 Å². The van der Waals surface area contributed by atoms with Gasteiger partial charge in [-0.2, -0.15) is 4.98 Å². The van der Waals surface area contributed by atoms with Crippen molar-refractivity contribution in [3.05, 3.63) is 42.2 Å². The molecule has 2 aromatic rings. The Morgan fingerprint density at radius 2 is 2.00 bits per heavy atom. The lowest BCUT2D eigenvalue weighted by molar-refractivity contribution is 0.299. The standard InChI is InChI=1S/C15H19N3O2/c1-2-8-17-14-10-16-11-15(18-14)20-13-5-3-12(4-6-13)7-9-19/h3-6,10-11,19H,2,7-9H2,1H3,(H,17,18). The van der Waals surface area contributed by atoms with Gasteiger partial charge in [0.15, 0.2) is 0 Å². The average Bonchev–Trinajstić information content (AvgIpc) is 2.48. The monoisotopic (exact) mass is 273 g/mol. The van der Waals surface area contributed by atoms with Crippen molar-refractivity contribution < 1.29 is 9.84 Å². The molecule has 0 fully saturated rings. The van der Waals surface area contributed by atoms with E-state index in [9.17, 15) is 0 Å². The summed E-state index contributed by atoms with van der Waals surface area (Å²) in [7, 11) is 0. The second-order valence-electron chi connectivity index (χ2n) is 4.39. The van der Waals surface area contributed by atoms with E-state index in [0.717, 1.165) is 18.5 Å². The minimum atomic E-state index is 0.150. The lowest BCUT2D eigenvalue weighted by atomic mass is 10.1. The zero-order valence-corrected chi connectivity index (χ0v) is 11.5. The van der Waals surface area contributed by atoms with Crippen molar-refractivity contribution >= 4 is 5.82 Å². The topological polar surface area (TPSA) is 67.3 Å². The second kappa shape index (κ2) is 7.45. The van der Waals surface area contributed by atoms with Gasteiger partial charge in [0.25, 0.3) is 0 Å². The molecule has 0 aliphatic carbocycles. The highest BCUT2D eigenvalue weighted by atomic mass is 16.5. The number of anilines is 1. The first-order valence-corrected chi connectivity index (χ1v) is 6.75. The Morgan fingerprint density at radius 3 is 2.70 bits per heavy atom. The van der Waals surface area contributed by atoms with Gasteiger partial charge >= 0.3 is 0 Å². The van der Waals surface area contributed by atoms with Crippen molar-refractivity contribution in [2.75, 3.05) is 18.5 Å². The molecule has 2 rings (SSSR count). The molecule has 1 aromatic heterocycles. The summed E-state index contributed by atoms with van der Waals surface area (Å²) < 4.78 is 5.66. The first kappa shape index (κ1) is 14.3. The second-order valence-corrected chi connectivity index (χ2v) is 4.39. The lowest BCUT2D eigenvalue weighted by Crippen LogP contribution is -2.03. The van der Waals surface area contributed by atoms with Crippen molar-refractivity contribution in [3.63, 3.8) is 0 Å². The van der Waals surface area contributed by atoms with Crippen LogP contribution in [-0.2, 0) is 6.42 Å². The predicted octanol–water partition coefficient (Wildman–Crippen LogP) is 2.63. The molecule has 0 amide bonds. The molecule has 0 saturated heterocycles. The number of ether oxygens (including phenoxy) is 1. The van der Waals surface area contributed by atoms with Crippen LogP contribution in [0.3, 0.4) is 0 Å². The van der Waals surface area contributed by atoms with E-state index >= 15 is 0 Å². The smallest absolute Gasteiger partial charge is 0.239 e. The largest absolute Gasteiger partial charge is 0.437 e. The summed E-state index contributed by atoms with van der Waals surface area (Å²) in [6, 6.07) is 7.58. The van der Waals surface area contributed by atoms with Gasteiger partial charge in [-0.05, 0) is 30.5 Å². The number of benzene rings is 1. The zero-order chi connectivity index (χ0) is 14.2. The van der Waals surface area contributed by atoms with Crippen molar-refractivity contribution in [1.29, 1.82) is 0 Å². The van der Waals surface area contributed by atoms with Crippen LogP contribution in [0.1, 0.15) is 18.9 Å². The predicted molar refractivity (Wildman–Crippen MR) is 78.1 cm³/mol. The summed E-state index contributed by atoms with van der Waals surface area (Å²) >= 11 is 0. The fraction of sp³-hybridized carbons (Fsp3) is 0.333. The third-order valence-corrected chi connectivity index (χ3v) is 2.71. The molecule has 1 heterocycles. The lowest BCUT2D eigenvalue weighted by Gasteiger charge is -2.07. The molecule has 0 radical (unpaired) electrons. The van der Waals surface area contributed by atoms with Crippen LogP contribution in [0.15, 0.2) is 36.7 Å². The van der Waals surface area contributed by atoms with Crippen LogP contribution in [0.2, 0.25) is 0 Å². The number of hydrogen-bond donors (Lipinski definition) is 2. The van der Waals surface area contributed by atoms with Crippen LogP contribution in [0, 0.1) is 0 Å². The number of aliphatic hydroxyl groups excluding tert-OH is 1. The maximum atomic E-state index is 8.87. The molecule has 0 atom stereocenters. The van der Waals surface area contributed by atoms with E-state index in [2.05, 4.69) is 22.2 Å². The minimum Gasteiger partial charge on any atom is -0.437 e. The molecule has 5 nitrogen and oxygen atoms in total. The maximum Gasteiger partial charge on any atom is 0.239 e. The summed E-state index contributed by atoms with van der Waals surface area (Å²) in [5.74, 6) is 1.87. The molecular weight excluding hydrogens is 254 g/mol. The van der Waals surface area contributed by atoms with Crippen molar-refractivity contribution in [1.82, 2.24) is 9.97 Å². The normalized spacial score (nSPS) is 10.3. The van der Waals surface area contributed by atoms with Crippen LogP contribution in [-0.4, -0.2) is 28.2 Å².